The van der Waals surface area contributed by atoms with Gasteiger partial charge in [0.1, 0.15) is 0 Å². The Bertz CT molecular complexity index is 200. The first-order valence-corrected chi connectivity index (χ1v) is 5.37. The molecule has 0 aromatic heterocycles. The highest BCUT2D eigenvalue weighted by Crippen LogP contribution is 2.30. The molecule has 2 saturated heterocycles. The quantitative estimate of drug-likeness (QED) is 0.581. The molecule has 2 aliphatic heterocycles. The van der Waals surface area contributed by atoms with Gasteiger partial charge in [0.15, 0.2) is 5.72 Å². The summed E-state index contributed by atoms with van der Waals surface area (Å²) in [4.78, 5) is 13.1. The van der Waals surface area contributed by atoms with Gasteiger partial charge in [-0.25, -0.2) is 0 Å². The molecule has 0 atom stereocenters. The van der Waals surface area contributed by atoms with Gasteiger partial charge in [0.2, 0.25) is 0 Å². The summed E-state index contributed by atoms with van der Waals surface area (Å²) < 4.78 is 5.35. The van der Waals surface area contributed by atoms with Crippen LogP contribution in [0.1, 0.15) is 26.7 Å². The van der Waals surface area contributed by atoms with Crippen LogP contribution in [0.5, 0.6) is 0 Å². The Morgan fingerprint density at radius 3 is 2.36 bits per heavy atom. The van der Waals surface area contributed by atoms with Crippen LogP contribution >= 0.6 is 0 Å². The Balaban J connectivity index is 0.000000461. The van der Waals surface area contributed by atoms with E-state index in [1.807, 2.05) is 25.8 Å². The average molecular weight is 200 g/mol. The van der Waals surface area contributed by atoms with Crippen molar-refractivity contribution < 1.29 is 9.53 Å². The highest BCUT2D eigenvalue weighted by Gasteiger charge is 2.45. The summed E-state index contributed by atoms with van der Waals surface area (Å²) in [6, 6.07) is 0. The first-order valence-electron chi connectivity index (χ1n) is 5.37. The molecule has 0 aromatic carbocycles. The van der Waals surface area contributed by atoms with Crippen LogP contribution in [0, 0.1) is 0 Å². The van der Waals surface area contributed by atoms with E-state index < -0.39 is 0 Å². The first-order chi connectivity index (χ1) is 6.73. The molecule has 4 nitrogen and oxygen atoms in total. The van der Waals surface area contributed by atoms with Crippen molar-refractivity contribution in [2.24, 2.45) is 0 Å². The lowest BCUT2D eigenvalue weighted by molar-refractivity contribution is -0.156. The van der Waals surface area contributed by atoms with Gasteiger partial charge in [0.05, 0.1) is 6.54 Å². The molecule has 1 spiro atoms. The third-order valence-electron chi connectivity index (χ3n) is 2.75. The standard InChI is InChI=1S/C8H14N2O2.C2H6/c1-10-6-7(11)12-8(10)2-4-9-5-3-8;1-2/h9H,2-6H2,1H3;1-2H3. The number of piperidine rings is 1. The van der Waals surface area contributed by atoms with Crippen molar-refractivity contribution in [3.05, 3.63) is 0 Å². The highest BCUT2D eigenvalue weighted by atomic mass is 16.6. The number of rotatable bonds is 0. The van der Waals surface area contributed by atoms with Gasteiger partial charge < -0.3 is 10.1 Å². The van der Waals surface area contributed by atoms with Gasteiger partial charge in [-0.15, -0.1) is 0 Å². The van der Waals surface area contributed by atoms with E-state index in [0.29, 0.717) is 6.54 Å². The number of ether oxygens (including phenoxy) is 1. The van der Waals surface area contributed by atoms with Gasteiger partial charge in [-0.05, 0) is 7.05 Å². The second-order valence-corrected chi connectivity index (χ2v) is 3.53. The Morgan fingerprint density at radius 1 is 1.36 bits per heavy atom. The molecule has 82 valence electrons. The van der Waals surface area contributed by atoms with Crippen LogP contribution in [-0.2, 0) is 9.53 Å². The molecule has 0 amide bonds. The van der Waals surface area contributed by atoms with Crippen LogP contribution in [-0.4, -0.2) is 43.3 Å². The smallest absolute Gasteiger partial charge is 0.322 e. The van der Waals surface area contributed by atoms with Gasteiger partial charge in [-0.2, -0.15) is 0 Å². The number of hydrogen-bond acceptors (Lipinski definition) is 4. The van der Waals surface area contributed by atoms with E-state index in [-0.39, 0.29) is 11.7 Å². The van der Waals surface area contributed by atoms with E-state index in [9.17, 15) is 4.79 Å². The van der Waals surface area contributed by atoms with Crippen molar-refractivity contribution in [2.75, 3.05) is 26.7 Å². The maximum atomic E-state index is 11.0. The first kappa shape index (κ1) is 11.5. The number of nitrogens with one attached hydrogen (secondary N) is 1. The molecule has 1 N–H and O–H groups in total. The molecule has 0 saturated carbocycles. The zero-order chi connectivity index (χ0) is 10.6. The van der Waals surface area contributed by atoms with Crippen molar-refractivity contribution in [1.82, 2.24) is 10.2 Å². The largest absolute Gasteiger partial charge is 0.443 e. The number of carbonyl (C=O) groups excluding carboxylic acids is 1. The van der Waals surface area contributed by atoms with Crippen molar-refractivity contribution in [3.8, 4) is 0 Å². The maximum Gasteiger partial charge on any atom is 0.322 e. The fourth-order valence-corrected chi connectivity index (χ4v) is 1.96. The molecule has 2 heterocycles. The SMILES string of the molecule is CC.CN1CC(=O)OC12CCNCC2. The summed E-state index contributed by atoms with van der Waals surface area (Å²) in [5.41, 5.74) is -0.275. The van der Waals surface area contributed by atoms with Crippen LogP contribution in [0.15, 0.2) is 0 Å². The predicted molar refractivity (Wildman–Crippen MR) is 54.9 cm³/mol. The van der Waals surface area contributed by atoms with Crippen LogP contribution in [0.3, 0.4) is 0 Å². The lowest BCUT2D eigenvalue weighted by Gasteiger charge is -2.36. The normalized spacial score (nSPS) is 25.5. The molecule has 0 aromatic rings. The molecule has 14 heavy (non-hydrogen) atoms. The summed E-state index contributed by atoms with van der Waals surface area (Å²) in [6.45, 7) is 6.33. The van der Waals surface area contributed by atoms with E-state index in [1.165, 1.54) is 0 Å². The molecule has 0 unspecified atom stereocenters. The van der Waals surface area contributed by atoms with Crippen molar-refractivity contribution >= 4 is 5.97 Å². The van der Waals surface area contributed by atoms with Crippen LogP contribution in [0.25, 0.3) is 0 Å². The summed E-state index contributed by atoms with van der Waals surface area (Å²) in [7, 11) is 1.95. The molecule has 0 radical (unpaired) electrons. The van der Waals surface area contributed by atoms with Gasteiger partial charge in [0.25, 0.3) is 0 Å². The lowest BCUT2D eigenvalue weighted by atomic mass is 10.0. The summed E-state index contributed by atoms with van der Waals surface area (Å²) in [5.74, 6) is -0.0839. The van der Waals surface area contributed by atoms with Crippen LogP contribution in [0.2, 0.25) is 0 Å². The summed E-state index contributed by atoms with van der Waals surface area (Å²) >= 11 is 0. The Labute approximate surface area is 85.6 Å². The number of carbonyl (C=O) groups is 1. The fraction of sp³-hybridized carbons (Fsp3) is 0.900. The highest BCUT2D eigenvalue weighted by molar-refractivity contribution is 5.74. The Morgan fingerprint density at radius 2 is 1.93 bits per heavy atom. The molecule has 2 aliphatic rings. The van der Waals surface area contributed by atoms with E-state index in [0.717, 1.165) is 25.9 Å². The maximum absolute atomic E-state index is 11.0. The van der Waals surface area contributed by atoms with E-state index in [2.05, 4.69) is 5.32 Å². The van der Waals surface area contributed by atoms with Gasteiger partial charge in [0, 0.05) is 25.9 Å². The summed E-state index contributed by atoms with van der Waals surface area (Å²) in [5, 5.41) is 3.25. The minimum Gasteiger partial charge on any atom is -0.443 e. The number of likely N-dealkylation sites (N-methyl/N-ethyl adjacent to an activating group) is 1. The molecule has 0 aliphatic carbocycles. The lowest BCUT2D eigenvalue weighted by Crippen LogP contribution is -2.50. The van der Waals surface area contributed by atoms with E-state index >= 15 is 0 Å². The Hall–Kier alpha value is -0.610. The topological polar surface area (TPSA) is 41.6 Å². The second-order valence-electron chi connectivity index (χ2n) is 3.53. The number of nitrogens with zero attached hydrogens (tertiary/aromatic N) is 1. The predicted octanol–water partition coefficient (Wildman–Crippen LogP) is 0.581. The number of esters is 1. The van der Waals surface area contributed by atoms with Gasteiger partial charge in [-0.3, -0.25) is 9.69 Å². The number of hydrogen-bond donors (Lipinski definition) is 1. The van der Waals surface area contributed by atoms with Gasteiger partial charge in [-0.1, -0.05) is 13.8 Å². The average Bonchev–Trinajstić information content (AvgIpc) is 2.46. The van der Waals surface area contributed by atoms with Crippen molar-refractivity contribution in [2.45, 2.75) is 32.4 Å². The molecule has 0 bridgehead atoms. The molecular formula is C10H20N2O2. The molecule has 2 fully saturated rings. The zero-order valence-corrected chi connectivity index (χ0v) is 9.30. The van der Waals surface area contributed by atoms with Crippen LogP contribution < -0.4 is 5.32 Å². The monoisotopic (exact) mass is 200 g/mol. The zero-order valence-electron chi connectivity index (χ0n) is 9.30. The Kier molecular flexibility index (Phi) is 3.89. The van der Waals surface area contributed by atoms with Crippen molar-refractivity contribution in [3.63, 3.8) is 0 Å². The molecule has 2 rings (SSSR count). The van der Waals surface area contributed by atoms with E-state index in [4.69, 9.17) is 4.74 Å². The molecule has 4 heteroatoms. The van der Waals surface area contributed by atoms with Crippen LogP contribution in [0.4, 0.5) is 0 Å². The molecular weight excluding hydrogens is 180 g/mol. The minimum absolute atomic E-state index is 0.0839. The summed E-state index contributed by atoms with van der Waals surface area (Å²) in [6.07, 6.45) is 1.82. The fourth-order valence-electron chi connectivity index (χ4n) is 1.96. The second kappa shape index (κ2) is 4.75. The minimum atomic E-state index is -0.275. The van der Waals surface area contributed by atoms with E-state index in [1.54, 1.807) is 0 Å². The van der Waals surface area contributed by atoms with Crippen molar-refractivity contribution in [1.29, 1.82) is 0 Å². The third kappa shape index (κ3) is 2.07. The van der Waals surface area contributed by atoms with Gasteiger partial charge >= 0.3 is 5.97 Å². The third-order valence-corrected chi connectivity index (χ3v) is 2.75.